The Balaban J connectivity index is 2.45. The third-order valence-electron chi connectivity index (χ3n) is 8.99. The van der Waals surface area contributed by atoms with E-state index in [1.165, 1.54) is 44.9 Å². The highest BCUT2D eigenvalue weighted by Gasteiger charge is 2.37. The molecule has 0 aromatic rings. The van der Waals surface area contributed by atoms with Crippen molar-refractivity contribution in [2.24, 2.45) is 5.92 Å². The summed E-state index contributed by atoms with van der Waals surface area (Å²) in [4.78, 5) is 52.6. The highest BCUT2D eigenvalue weighted by atomic mass is 31.2. The number of phosphoric ester groups is 2. The second-order valence-corrected chi connectivity index (χ2v) is 16.9. The van der Waals surface area contributed by atoms with Crippen LogP contribution in [0.5, 0.6) is 0 Å². The number of aliphatic hydroxyl groups is 1. The molecule has 0 aliphatic carbocycles. The lowest BCUT2D eigenvalue weighted by atomic mass is 10.00. The van der Waals surface area contributed by atoms with E-state index < -0.39 is 66.2 Å². The number of ether oxygens (including phenoxy) is 3. The lowest BCUT2D eigenvalue weighted by Gasteiger charge is -2.20. The normalized spacial score (nSPS) is 18.8. The zero-order valence-corrected chi connectivity index (χ0v) is 35.2. The molecule has 0 spiro atoms. The van der Waals surface area contributed by atoms with Gasteiger partial charge in [0.15, 0.2) is 6.10 Å². The van der Waals surface area contributed by atoms with E-state index in [2.05, 4.69) is 66.3 Å². The average Bonchev–Trinajstić information content (AvgIpc) is 3.89. The molecule has 0 aromatic heterocycles. The smallest absolute Gasteiger partial charge is 0.462 e. The van der Waals surface area contributed by atoms with E-state index in [1.54, 1.807) is 0 Å². The number of hydrogen-bond acceptors (Lipinski definition) is 11. The molecule has 4 N–H and O–H groups in total. The predicted octanol–water partition coefficient (Wildman–Crippen LogP) is 8.57. The molecule has 4 unspecified atom stereocenters. The number of carbonyl (C=O) groups is 2. The van der Waals surface area contributed by atoms with Gasteiger partial charge in [-0.3, -0.25) is 23.2 Å². The predicted molar refractivity (Wildman–Crippen MR) is 211 cm³/mol. The van der Waals surface area contributed by atoms with Gasteiger partial charge in [-0.15, -0.1) is 0 Å². The molecule has 0 saturated carbocycles. The molecule has 0 aromatic carbocycles. The van der Waals surface area contributed by atoms with E-state index in [9.17, 15) is 28.7 Å². The van der Waals surface area contributed by atoms with Gasteiger partial charge in [-0.1, -0.05) is 115 Å². The Hall–Kier alpha value is -1.70. The zero-order valence-electron chi connectivity index (χ0n) is 33.4. The Kier molecular flexibility index (Phi) is 29.2. The molecule has 1 aliphatic rings. The molecule has 320 valence electrons. The van der Waals surface area contributed by atoms with E-state index >= 15 is 0 Å². The summed E-state index contributed by atoms with van der Waals surface area (Å²) in [6.07, 6.45) is 27.6. The van der Waals surface area contributed by atoms with Crippen LogP contribution in [0.15, 0.2) is 36.5 Å². The van der Waals surface area contributed by atoms with Crippen molar-refractivity contribution in [3.63, 3.8) is 0 Å². The van der Waals surface area contributed by atoms with E-state index in [1.807, 2.05) is 0 Å². The largest absolute Gasteiger partial charge is 0.472 e. The minimum Gasteiger partial charge on any atom is -0.462 e. The molecule has 1 fully saturated rings. The van der Waals surface area contributed by atoms with Gasteiger partial charge in [0.1, 0.15) is 12.7 Å². The Labute approximate surface area is 329 Å². The van der Waals surface area contributed by atoms with Gasteiger partial charge in [0.25, 0.3) is 0 Å². The minimum atomic E-state index is -4.87. The first-order valence-corrected chi connectivity index (χ1v) is 23.2. The fourth-order valence-corrected chi connectivity index (χ4v) is 6.56. The summed E-state index contributed by atoms with van der Waals surface area (Å²) < 4.78 is 53.4. The number of carbonyl (C=O) groups excluding carboxylic acids is 2. The highest BCUT2D eigenvalue weighted by molar-refractivity contribution is 7.47. The topological polar surface area (TPSA) is 208 Å². The molecule has 1 rings (SSSR count). The molecule has 1 saturated heterocycles. The number of hydrogen-bond donors (Lipinski definition) is 4. The van der Waals surface area contributed by atoms with Crippen molar-refractivity contribution in [2.75, 3.05) is 26.4 Å². The van der Waals surface area contributed by atoms with Gasteiger partial charge in [-0.25, -0.2) is 9.13 Å². The van der Waals surface area contributed by atoms with Crippen molar-refractivity contribution in [3.8, 4) is 0 Å². The van der Waals surface area contributed by atoms with Gasteiger partial charge >= 0.3 is 27.6 Å². The summed E-state index contributed by atoms with van der Waals surface area (Å²) in [5.74, 6) is -0.368. The summed E-state index contributed by atoms with van der Waals surface area (Å²) in [6.45, 7) is 3.88. The molecule has 0 bridgehead atoms. The number of epoxide rings is 1. The molecular formula is C39H70O14P2. The van der Waals surface area contributed by atoms with Gasteiger partial charge in [0.05, 0.1) is 32.0 Å². The van der Waals surface area contributed by atoms with Crippen LogP contribution in [-0.4, -0.2) is 82.6 Å². The van der Waals surface area contributed by atoms with Crippen molar-refractivity contribution < 1.29 is 66.3 Å². The SMILES string of the molecule is CCCCC/C=C\C/C=C\C/C=C\CC1OC1CCCC(=O)O[C@H](COC(=O)CCCCCCCCC(C)CC)COP(=O)(O)OC[C@@H](O)COP(=O)(O)O. The molecule has 1 aliphatic heterocycles. The lowest BCUT2D eigenvalue weighted by molar-refractivity contribution is -0.161. The zero-order chi connectivity index (χ0) is 40.8. The van der Waals surface area contributed by atoms with Crippen LogP contribution >= 0.6 is 15.6 Å². The first-order valence-electron chi connectivity index (χ1n) is 20.2. The Morgan fingerprint density at radius 1 is 0.709 bits per heavy atom. The number of allylic oxidation sites excluding steroid dienone is 5. The fourth-order valence-electron chi connectivity index (χ4n) is 5.41. The Morgan fingerprint density at radius 2 is 1.33 bits per heavy atom. The molecule has 55 heavy (non-hydrogen) atoms. The first-order chi connectivity index (χ1) is 26.2. The number of unbranched alkanes of at least 4 members (excludes halogenated alkanes) is 8. The molecule has 14 nitrogen and oxygen atoms in total. The molecule has 6 atom stereocenters. The summed E-state index contributed by atoms with van der Waals surface area (Å²) >= 11 is 0. The van der Waals surface area contributed by atoms with Gasteiger partial charge in [0, 0.05) is 12.8 Å². The lowest BCUT2D eigenvalue weighted by Crippen LogP contribution is -2.30. The van der Waals surface area contributed by atoms with Crippen molar-refractivity contribution in [2.45, 2.75) is 167 Å². The third kappa shape index (κ3) is 32.0. The number of esters is 2. The maximum absolute atomic E-state index is 12.7. The molecule has 16 heteroatoms. The van der Waals surface area contributed by atoms with Crippen LogP contribution in [0.25, 0.3) is 0 Å². The van der Waals surface area contributed by atoms with Crippen LogP contribution in [0.1, 0.15) is 143 Å². The van der Waals surface area contributed by atoms with Gasteiger partial charge in [0.2, 0.25) is 0 Å². The monoisotopic (exact) mass is 824 g/mol. The van der Waals surface area contributed by atoms with Crippen LogP contribution in [0.4, 0.5) is 0 Å². The van der Waals surface area contributed by atoms with Crippen molar-refractivity contribution in [3.05, 3.63) is 36.5 Å². The first kappa shape index (κ1) is 51.3. The molecular weight excluding hydrogens is 754 g/mol. The van der Waals surface area contributed by atoms with E-state index in [-0.39, 0.29) is 25.0 Å². The van der Waals surface area contributed by atoms with Crippen LogP contribution in [-0.2, 0) is 46.5 Å². The van der Waals surface area contributed by atoms with Crippen LogP contribution in [0.3, 0.4) is 0 Å². The van der Waals surface area contributed by atoms with E-state index in [0.29, 0.717) is 19.3 Å². The Bertz CT molecular complexity index is 1200. The van der Waals surface area contributed by atoms with Gasteiger partial charge in [-0.05, 0) is 57.3 Å². The number of aliphatic hydroxyl groups excluding tert-OH is 1. The van der Waals surface area contributed by atoms with Crippen LogP contribution < -0.4 is 0 Å². The maximum Gasteiger partial charge on any atom is 0.472 e. The summed E-state index contributed by atoms with van der Waals surface area (Å²) in [7, 11) is -9.69. The second kappa shape index (κ2) is 31.3. The molecule has 0 amide bonds. The average molecular weight is 825 g/mol. The van der Waals surface area contributed by atoms with Crippen LogP contribution in [0.2, 0.25) is 0 Å². The fraction of sp³-hybridized carbons (Fsp3) is 0.795. The van der Waals surface area contributed by atoms with E-state index in [4.69, 9.17) is 28.5 Å². The maximum atomic E-state index is 12.7. The van der Waals surface area contributed by atoms with Crippen molar-refractivity contribution in [1.82, 2.24) is 0 Å². The van der Waals surface area contributed by atoms with Gasteiger partial charge in [-0.2, -0.15) is 0 Å². The number of rotatable bonds is 36. The highest BCUT2D eigenvalue weighted by Crippen LogP contribution is 2.44. The quantitative estimate of drug-likeness (QED) is 0.0154. The number of phosphoric acid groups is 2. The summed E-state index contributed by atoms with van der Waals surface area (Å²) in [6, 6.07) is 0. The van der Waals surface area contributed by atoms with Gasteiger partial charge < -0.3 is 34.0 Å². The van der Waals surface area contributed by atoms with Crippen LogP contribution in [0, 0.1) is 5.92 Å². The third-order valence-corrected chi connectivity index (χ3v) is 10.4. The second-order valence-electron chi connectivity index (χ2n) is 14.2. The summed E-state index contributed by atoms with van der Waals surface area (Å²) in [5, 5.41) is 9.73. The van der Waals surface area contributed by atoms with E-state index in [0.717, 1.165) is 50.9 Å². The van der Waals surface area contributed by atoms with Crippen molar-refractivity contribution >= 4 is 27.6 Å². The molecule has 0 radical (unpaired) electrons. The summed E-state index contributed by atoms with van der Waals surface area (Å²) in [5.41, 5.74) is 0. The van der Waals surface area contributed by atoms with Crippen molar-refractivity contribution in [1.29, 1.82) is 0 Å². The minimum absolute atomic E-state index is 0.0428. The molecule has 1 heterocycles. The Morgan fingerprint density at radius 3 is 2.02 bits per heavy atom. The standard InChI is InChI=1S/C39H70O14P2/c1-4-6-7-8-9-10-11-12-13-14-18-21-25-36-37(53-36)26-23-28-39(42)52-35(32-51-55(46,47)50-30-34(40)29-49-54(43,44)45)31-48-38(41)27-22-19-16-15-17-20-24-33(3)5-2/h9-10,12-13,18,21,33-37,40H,4-8,11,14-17,19-20,22-32H2,1-3H3,(H,46,47)(H2,43,44,45)/b10-9-,13-12-,21-18-/t33?,34-,35+,36?,37?/m0/s1.